The molecule has 1 aliphatic rings. The van der Waals surface area contributed by atoms with Crippen LogP contribution < -0.4 is 21.3 Å². The zero-order valence-corrected chi connectivity index (χ0v) is 27.3. The van der Waals surface area contributed by atoms with Crippen LogP contribution in [-0.2, 0) is 44.9 Å². The first-order valence-electron chi connectivity index (χ1n) is 15.6. The third-order valence-electron chi connectivity index (χ3n) is 7.18. The fourth-order valence-electron chi connectivity index (χ4n) is 4.63. The van der Waals surface area contributed by atoms with Gasteiger partial charge in [0.05, 0.1) is 0 Å². The molecule has 1 heterocycles. The van der Waals surface area contributed by atoms with Crippen molar-refractivity contribution >= 4 is 60.8 Å². The van der Waals surface area contributed by atoms with Crippen molar-refractivity contribution in [1.29, 1.82) is 0 Å². The summed E-state index contributed by atoms with van der Waals surface area (Å²) in [5.74, 6) is -5.24. The number of imide groups is 1. The van der Waals surface area contributed by atoms with Gasteiger partial charge in [0, 0.05) is 37.2 Å². The summed E-state index contributed by atoms with van der Waals surface area (Å²) in [5, 5.41) is 19.5. The summed E-state index contributed by atoms with van der Waals surface area (Å²) in [6.45, 7) is 5.31. The third-order valence-corrected chi connectivity index (χ3v) is 7.18. The number of nitrogens with zero attached hydrogens (tertiary/aromatic N) is 1. The molecule has 258 valence electrons. The molecule has 48 heavy (non-hydrogen) atoms. The molecule has 0 aliphatic carbocycles. The van der Waals surface area contributed by atoms with Crippen LogP contribution in [0.4, 0.5) is 10.5 Å². The van der Waals surface area contributed by atoms with Crippen molar-refractivity contribution in [3.05, 3.63) is 42.0 Å². The molecule has 0 spiro atoms. The highest BCUT2D eigenvalue weighted by Gasteiger charge is 2.28. The number of amides is 6. The molecule has 0 saturated carbocycles. The maximum absolute atomic E-state index is 13.1. The Balaban J connectivity index is 1.92. The Morgan fingerprint density at radius 2 is 1.46 bits per heavy atom. The molecule has 6 amide bonds. The molecule has 15 nitrogen and oxygen atoms in total. The minimum Gasteiger partial charge on any atom is -0.481 e. The summed E-state index contributed by atoms with van der Waals surface area (Å²) in [6, 6.07) is 2.86. The Bertz CT molecular complexity index is 1360. The van der Waals surface area contributed by atoms with Crippen molar-refractivity contribution in [2.24, 2.45) is 5.92 Å². The van der Waals surface area contributed by atoms with Crippen molar-refractivity contribution in [3.8, 4) is 0 Å². The number of aliphatic carboxylic acids is 1. The van der Waals surface area contributed by atoms with Gasteiger partial charge < -0.3 is 31.1 Å². The summed E-state index contributed by atoms with van der Waals surface area (Å²) < 4.78 is 4.71. The van der Waals surface area contributed by atoms with E-state index >= 15 is 0 Å². The highest BCUT2D eigenvalue weighted by Crippen LogP contribution is 2.13. The van der Waals surface area contributed by atoms with Crippen LogP contribution in [0, 0.1) is 5.92 Å². The van der Waals surface area contributed by atoms with Crippen molar-refractivity contribution in [1.82, 2.24) is 20.9 Å². The number of carbonyl (C=O) groups excluding carboxylic acids is 7. The second kappa shape index (κ2) is 19.6. The molecule has 0 bridgehead atoms. The number of carboxylic acids is 1. The van der Waals surface area contributed by atoms with Gasteiger partial charge in [0.2, 0.25) is 37.3 Å². The lowest BCUT2D eigenvalue weighted by molar-refractivity contribution is -0.138. The highest BCUT2D eigenvalue weighted by atomic mass is 16.5. The smallest absolute Gasteiger partial charge is 0.303 e. The van der Waals surface area contributed by atoms with E-state index in [-0.39, 0.29) is 56.1 Å². The van der Waals surface area contributed by atoms with Crippen LogP contribution >= 0.6 is 0 Å². The largest absolute Gasteiger partial charge is 0.481 e. The summed E-state index contributed by atoms with van der Waals surface area (Å²) in [5.41, 5.74) is 0.933. The van der Waals surface area contributed by atoms with Gasteiger partial charge in [-0.3, -0.25) is 43.3 Å². The first-order valence-corrected chi connectivity index (χ1v) is 15.6. The van der Waals surface area contributed by atoms with Gasteiger partial charge in [-0.2, -0.15) is 0 Å². The van der Waals surface area contributed by atoms with Gasteiger partial charge in [-0.15, -0.1) is 0 Å². The predicted octanol–water partition coefficient (Wildman–Crippen LogP) is 1.30. The minimum atomic E-state index is -1.25. The Morgan fingerprint density at radius 3 is 2.04 bits per heavy atom. The molecule has 16 heteroatoms. The molecule has 2 rings (SSSR count). The molecule has 0 saturated heterocycles. The van der Waals surface area contributed by atoms with Crippen molar-refractivity contribution < 1.29 is 48.2 Å². The number of benzene rings is 1. The lowest BCUT2D eigenvalue weighted by atomic mass is 10.0. The Labute approximate surface area is 280 Å². The van der Waals surface area contributed by atoms with Gasteiger partial charge in [0.1, 0.15) is 24.7 Å². The van der Waals surface area contributed by atoms with Crippen molar-refractivity contribution in [3.63, 3.8) is 0 Å². The molecule has 2 radical (unpaired) electrons. The Kier molecular flexibility index (Phi) is 16.0. The second-order valence-electron chi connectivity index (χ2n) is 11.7. The number of anilines is 1. The lowest BCUT2D eigenvalue weighted by Crippen LogP contribution is -2.55. The first kappa shape index (κ1) is 39.2. The zero-order valence-electron chi connectivity index (χ0n) is 27.3. The van der Waals surface area contributed by atoms with Crippen LogP contribution in [0.25, 0.3) is 0 Å². The average molecular weight is 668 g/mol. The summed E-state index contributed by atoms with van der Waals surface area (Å²) in [6.07, 6.45) is 3.75. The fourth-order valence-corrected chi connectivity index (χ4v) is 4.63. The quantitative estimate of drug-likeness (QED) is 0.0763. The van der Waals surface area contributed by atoms with Gasteiger partial charge in [-0.05, 0) is 56.2 Å². The monoisotopic (exact) mass is 667 g/mol. The molecular formula is C32H42BN5O10. The van der Waals surface area contributed by atoms with E-state index in [1.807, 2.05) is 13.8 Å². The molecule has 5 N–H and O–H groups in total. The van der Waals surface area contributed by atoms with E-state index in [0.717, 1.165) is 4.90 Å². The highest BCUT2D eigenvalue weighted by molar-refractivity contribution is 6.55. The molecule has 0 unspecified atom stereocenters. The number of nitrogens with one attached hydrogen (secondary N) is 4. The van der Waals surface area contributed by atoms with Gasteiger partial charge in [-0.25, -0.2) is 0 Å². The number of ether oxygens (including phenoxy) is 1. The average Bonchev–Trinajstić information content (AvgIpc) is 3.33. The van der Waals surface area contributed by atoms with Gasteiger partial charge >= 0.3 is 5.97 Å². The van der Waals surface area contributed by atoms with Gasteiger partial charge in [0.15, 0.2) is 0 Å². The number of carboxylic acid groups (broad SMARTS) is 1. The number of hydrogen-bond acceptors (Lipinski definition) is 9. The van der Waals surface area contributed by atoms with E-state index in [1.54, 1.807) is 12.1 Å². The van der Waals surface area contributed by atoms with E-state index in [1.165, 1.54) is 31.2 Å². The van der Waals surface area contributed by atoms with E-state index in [0.29, 0.717) is 30.5 Å². The molecule has 1 aromatic carbocycles. The van der Waals surface area contributed by atoms with Gasteiger partial charge in [0.25, 0.3) is 11.8 Å². The first-order chi connectivity index (χ1) is 22.7. The topological polar surface area (TPSA) is 217 Å². The Hall–Kier alpha value is -5.02. The third kappa shape index (κ3) is 14.2. The SMILES string of the molecule is [B]C(=O)OCc1ccc(NC(=O)[C@H](CCC(=O)O)NC(=O)[C@H](C)NC(=O)[C@@H](CC(C)C)NC(=O)CCCCCN2C(=O)C=CC2=O)cc1. The molecule has 3 atom stereocenters. The van der Waals surface area contributed by atoms with Crippen LogP contribution in [-0.4, -0.2) is 89.8 Å². The number of rotatable bonds is 20. The fraction of sp³-hybridized carbons (Fsp3) is 0.500. The number of unbranched alkanes of at least 4 members (excludes halogenated alkanes) is 2. The van der Waals surface area contributed by atoms with Crippen LogP contribution in [0.15, 0.2) is 36.4 Å². The molecule has 0 fully saturated rings. The standard InChI is InChI=1S/C32H42BN5O10/c1-19(2)17-24(36-25(39)7-5-4-6-16-38-26(40)13-14-27(38)41)31(46)34-20(3)29(44)37-23(12-15-28(42)43)30(45)35-22-10-8-21(9-11-22)18-48-32(33)47/h8-11,13-14,19-20,23-24H,4-7,12,15-18H2,1-3H3,(H,34,46)(H,35,45)(H,36,39)(H,37,44)(H,42,43)/t20-,23-,24+/m0/s1. The predicted molar refractivity (Wildman–Crippen MR) is 173 cm³/mol. The maximum atomic E-state index is 13.1. The van der Waals surface area contributed by atoms with Crippen LogP contribution in [0.1, 0.15) is 71.3 Å². The van der Waals surface area contributed by atoms with Crippen LogP contribution in [0.3, 0.4) is 0 Å². The van der Waals surface area contributed by atoms with Crippen LogP contribution in [0.5, 0.6) is 0 Å². The van der Waals surface area contributed by atoms with Crippen molar-refractivity contribution in [2.45, 2.75) is 90.4 Å². The number of carbonyl (C=O) groups is 8. The zero-order chi connectivity index (χ0) is 35.8. The van der Waals surface area contributed by atoms with Crippen molar-refractivity contribution in [2.75, 3.05) is 11.9 Å². The number of hydrogen-bond donors (Lipinski definition) is 5. The van der Waals surface area contributed by atoms with E-state index in [9.17, 15) is 38.4 Å². The minimum absolute atomic E-state index is 0.0168. The normalized spacial score (nSPS) is 14.2. The summed E-state index contributed by atoms with van der Waals surface area (Å²) in [4.78, 5) is 98.2. The lowest BCUT2D eigenvalue weighted by Gasteiger charge is -2.24. The molecule has 0 aromatic heterocycles. The summed E-state index contributed by atoms with van der Waals surface area (Å²) >= 11 is 0. The Morgan fingerprint density at radius 1 is 0.812 bits per heavy atom. The van der Waals surface area contributed by atoms with E-state index in [4.69, 9.17) is 17.7 Å². The second-order valence-corrected chi connectivity index (χ2v) is 11.7. The van der Waals surface area contributed by atoms with Gasteiger partial charge in [-0.1, -0.05) is 32.4 Å². The molecule has 1 aliphatic heterocycles. The molecule has 1 aromatic rings. The van der Waals surface area contributed by atoms with E-state index < -0.39 is 54.1 Å². The summed E-state index contributed by atoms with van der Waals surface area (Å²) in [7, 11) is 4.95. The van der Waals surface area contributed by atoms with E-state index in [2.05, 4.69) is 21.3 Å². The van der Waals surface area contributed by atoms with Crippen LogP contribution in [0.2, 0.25) is 0 Å². The maximum Gasteiger partial charge on any atom is 0.303 e. The molecular weight excluding hydrogens is 625 g/mol.